The number of hydrogen-bond acceptors (Lipinski definition) is 7. The molecule has 0 aliphatic rings. The molecule has 0 spiro atoms. The average Bonchev–Trinajstić information content (AvgIpc) is 3.04. The fourth-order valence-electron chi connectivity index (χ4n) is 2.30. The third kappa shape index (κ3) is 3.72. The summed E-state index contributed by atoms with van der Waals surface area (Å²) < 4.78 is 30.3. The van der Waals surface area contributed by atoms with E-state index in [-0.39, 0.29) is 18.9 Å². The first kappa shape index (κ1) is 18.3. The highest BCUT2D eigenvalue weighted by atomic mass is 31.2. The van der Waals surface area contributed by atoms with E-state index >= 15 is 0 Å². The van der Waals surface area contributed by atoms with Crippen molar-refractivity contribution in [2.45, 2.75) is 19.6 Å². The summed E-state index contributed by atoms with van der Waals surface area (Å²) >= 11 is 0. The highest BCUT2D eigenvalue weighted by molar-refractivity contribution is 7.54. The van der Waals surface area contributed by atoms with E-state index in [1.807, 2.05) is 6.07 Å². The van der Waals surface area contributed by atoms with Gasteiger partial charge in [0.1, 0.15) is 0 Å². The number of carbonyl (C=O) groups is 1. The molecular weight excluding hydrogens is 333 g/mol. The van der Waals surface area contributed by atoms with E-state index in [2.05, 4.69) is 10.3 Å². The predicted molar refractivity (Wildman–Crippen MR) is 86.8 cm³/mol. The van der Waals surface area contributed by atoms with Crippen molar-refractivity contribution < 1.29 is 23.1 Å². The molecule has 0 bridgehead atoms. The lowest BCUT2D eigenvalue weighted by Crippen LogP contribution is -2.21. The van der Waals surface area contributed by atoms with Crippen LogP contribution in [0.4, 0.5) is 0 Å². The number of esters is 1. The first-order valence-electron chi connectivity index (χ1n) is 7.49. The first-order chi connectivity index (χ1) is 11.6. The molecule has 24 heavy (non-hydrogen) atoms. The monoisotopic (exact) mass is 353 g/mol. The lowest BCUT2D eigenvalue weighted by Gasteiger charge is -2.27. The van der Waals surface area contributed by atoms with Gasteiger partial charge in [0, 0.05) is 0 Å². The van der Waals surface area contributed by atoms with Gasteiger partial charge in [-0.15, -0.1) is 5.10 Å². The second-order valence-corrected chi connectivity index (χ2v) is 6.80. The molecule has 0 radical (unpaired) electrons. The van der Waals surface area contributed by atoms with Gasteiger partial charge >= 0.3 is 13.6 Å². The Bertz CT molecular complexity index is 709. The maximum Gasteiger partial charge on any atom is 0.359 e. The van der Waals surface area contributed by atoms with Crippen LogP contribution in [0.1, 0.15) is 35.7 Å². The van der Waals surface area contributed by atoms with Gasteiger partial charge in [-0.05, 0) is 19.4 Å². The molecule has 1 atom stereocenters. The van der Waals surface area contributed by atoms with Crippen molar-refractivity contribution in [3.05, 3.63) is 47.8 Å². The third-order valence-corrected chi connectivity index (χ3v) is 5.57. The van der Waals surface area contributed by atoms with Crippen LogP contribution in [0.5, 0.6) is 0 Å². The SMILES string of the molecule is CCOP(=O)(OCC)C(c1ccccc1)n1nncc1C(=O)OC. The summed E-state index contributed by atoms with van der Waals surface area (Å²) in [5, 5.41) is 7.68. The van der Waals surface area contributed by atoms with Crippen LogP contribution >= 0.6 is 7.60 Å². The van der Waals surface area contributed by atoms with Crippen LogP contribution in [0.2, 0.25) is 0 Å². The van der Waals surface area contributed by atoms with E-state index in [1.165, 1.54) is 18.0 Å². The quantitative estimate of drug-likeness (QED) is 0.532. The van der Waals surface area contributed by atoms with Gasteiger partial charge in [0.2, 0.25) is 0 Å². The van der Waals surface area contributed by atoms with Crippen molar-refractivity contribution >= 4 is 13.6 Å². The molecule has 0 amide bonds. The Hall–Kier alpha value is -2.02. The second-order valence-electron chi connectivity index (χ2n) is 4.72. The zero-order chi connectivity index (χ0) is 17.6. The number of carbonyl (C=O) groups excluding carboxylic acids is 1. The molecular formula is C15H20N3O5P. The molecule has 0 aliphatic carbocycles. The van der Waals surface area contributed by atoms with Gasteiger partial charge in [-0.1, -0.05) is 35.5 Å². The molecule has 1 heterocycles. The van der Waals surface area contributed by atoms with Crippen molar-refractivity contribution in [2.75, 3.05) is 20.3 Å². The van der Waals surface area contributed by atoms with Gasteiger partial charge in [0.25, 0.3) is 0 Å². The van der Waals surface area contributed by atoms with Crippen LogP contribution in [-0.2, 0) is 18.3 Å². The molecule has 0 saturated carbocycles. The maximum absolute atomic E-state index is 13.4. The largest absolute Gasteiger partial charge is 0.464 e. The van der Waals surface area contributed by atoms with E-state index < -0.39 is 19.3 Å². The normalized spacial score (nSPS) is 12.8. The molecule has 2 aromatic rings. The van der Waals surface area contributed by atoms with E-state index in [0.717, 1.165) is 0 Å². The van der Waals surface area contributed by atoms with Crippen molar-refractivity contribution in [3.8, 4) is 0 Å². The Morgan fingerprint density at radius 3 is 2.38 bits per heavy atom. The number of benzene rings is 1. The first-order valence-corrected chi connectivity index (χ1v) is 9.10. The second kappa shape index (κ2) is 8.19. The van der Waals surface area contributed by atoms with Gasteiger partial charge in [-0.3, -0.25) is 4.57 Å². The number of methoxy groups -OCH3 is 1. The summed E-state index contributed by atoms with van der Waals surface area (Å²) in [5.74, 6) is -1.59. The van der Waals surface area contributed by atoms with E-state index in [4.69, 9.17) is 13.8 Å². The van der Waals surface area contributed by atoms with Gasteiger partial charge in [0.15, 0.2) is 11.5 Å². The summed E-state index contributed by atoms with van der Waals surface area (Å²) in [5.41, 5.74) is 0.685. The Labute approximate surface area is 140 Å². The third-order valence-electron chi connectivity index (χ3n) is 3.22. The zero-order valence-corrected chi connectivity index (χ0v) is 14.7. The highest BCUT2D eigenvalue weighted by Crippen LogP contribution is 2.61. The average molecular weight is 353 g/mol. The van der Waals surface area contributed by atoms with Crippen LogP contribution in [0, 0.1) is 0 Å². The van der Waals surface area contributed by atoms with Gasteiger partial charge in [0.05, 0.1) is 26.5 Å². The molecule has 1 aromatic heterocycles. The molecule has 8 nitrogen and oxygen atoms in total. The molecule has 2 rings (SSSR count). The molecule has 1 unspecified atom stereocenters. The minimum Gasteiger partial charge on any atom is -0.464 e. The molecule has 130 valence electrons. The Morgan fingerprint density at radius 1 is 1.21 bits per heavy atom. The highest BCUT2D eigenvalue weighted by Gasteiger charge is 2.41. The Morgan fingerprint density at radius 2 is 1.83 bits per heavy atom. The lowest BCUT2D eigenvalue weighted by atomic mass is 10.2. The van der Waals surface area contributed by atoms with Crippen molar-refractivity contribution in [1.29, 1.82) is 0 Å². The smallest absolute Gasteiger partial charge is 0.359 e. The molecule has 9 heteroatoms. The summed E-state index contributed by atoms with van der Waals surface area (Å²) in [6.07, 6.45) is 1.25. The number of nitrogens with zero attached hydrogens (tertiary/aromatic N) is 3. The van der Waals surface area contributed by atoms with Crippen LogP contribution < -0.4 is 0 Å². The van der Waals surface area contributed by atoms with E-state index in [9.17, 15) is 9.36 Å². The van der Waals surface area contributed by atoms with Gasteiger partial charge in [-0.25, -0.2) is 9.48 Å². The predicted octanol–water partition coefficient (Wildman–Crippen LogP) is 2.88. The molecule has 0 saturated heterocycles. The summed E-state index contributed by atoms with van der Waals surface area (Å²) in [4.78, 5) is 12.0. The molecule has 0 fully saturated rings. The maximum atomic E-state index is 13.4. The number of hydrogen-bond donors (Lipinski definition) is 0. The van der Waals surface area contributed by atoms with Gasteiger partial charge in [-0.2, -0.15) is 0 Å². The van der Waals surface area contributed by atoms with Crippen LogP contribution in [0.3, 0.4) is 0 Å². The summed E-state index contributed by atoms with van der Waals surface area (Å²) in [6.45, 7) is 3.80. The standard InChI is InChI=1S/C15H20N3O5P/c1-4-22-24(20,23-5-2)14(12-9-7-6-8-10-12)18-13(11-16-17-18)15(19)21-3/h6-11,14H,4-5H2,1-3H3. The Kier molecular flexibility index (Phi) is 6.25. The van der Waals surface area contributed by atoms with Crippen molar-refractivity contribution in [1.82, 2.24) is 15.0 Å². The van der Waals surface area contributed by atoms with Gasteiger partial charge < -0.3 is 13.8 Å². The van der Waals surface area contributed by atoms with E-state index in [0.29, 0.717) is 5.56 Å². The minimum absolute atomic E-state index is 0.0611. The fourth-order valence-corrected chi connectivity index (χ4v) is 4.35. The van der Waals surface area contributed by atoms with Crippen LogP contribution in [-0.4, -0.2) is 41.3 Å². The number of ether oxygens (including phenoxy) is 1. The fraction of sp³-hybridized carbons (Fsp3) is 0.400. The van der Waals surface area contributed by atoms with Crippen LogP contribution in [0.15, 0.2) is 36.5 Å². The zero-order valence-electron chi connectivity index (χ0n) is 13.8. The minimum atomic E-state index is -3.66. The molecule has 0 aliphatic heterocycles. The summed E-state index contributed by atoms with van der Waals surface area (Å²) in [6, 6.07) is 8.93. The van der Waals surface area contributed by atoms with E-state index in [1.54, 1.807) is 38.1 Å². The summed E-state index contributed by atoms with van der Waals surface area (Å²) in [7, 11) is -2.41. The lowest BCUT2D eigenvalue weighted by molar-refractivity contribution is 0.0586. The van der Waals surface area contributed by atoms with Crippen LogP contribution in [0.25, 0.3) is 0 Å². The topological polar surface area (TPSA) is 92.5 Å². The van der Waals surface area contributed by atoms with Crippen molar-refractivity contribution in [3.63, 3.8) is 0 Å². The molecule has 0 N–H and O–H groups in total. The number of aromatic nitrogens is 3. The van der Waals surface area contributed by atoms with Crippen molar-refractivity contribution in [2.24, 2.45) is 0 Å². The molecule has 1 aromatic carbocycles. The number of rotatable bonds is 8. The Balaban J connectivity index is 2.62.